The first kappa shape index (κ1) is 23.4. The summed E-state index contributed by atoms with van der Waals surface area (Å²) in [4.78, 5) is 41.3. The molecule has 1 aromatic carbocycles. The lowest BCUT2D eigenvalue weighted by Gasteiger charge is -2.35. The summed E-state index contributed by atoms with van der Waals surface area (Å²) in [6, 6.07) is 12.7. The average molecular weight is 480 g/mol. The highest BCUT2D eigenvalue weighted by Crippen LogP contribution is 2.25. The van der Waals surface area contributed by atoms with Gasteiger partial charge >= 0.3 is 0 Å². The molecule has 2 amide bonds. The van der Waals surface area contributed by atoms with E-state index < -0.39 is 0 Å². The minimum absolute atomic E-state index is 0.00641. The van der Waals surface area contributed by atoms with Crippen LogP contribution >= 0.6 is 11.6 Å². The molecule has 1 aliphatic rings. The molecule has 34 heavy (non-hydrogen) atoms. The van der Waals surface area contributed by atoms with Gasteiger partial charge in [0.2, 0.25) is 5.91 Å². The van der Waals surface area contributed by atoms with Gasteiger partial charge in [-0.25, -0.2) is 9.97 Å². The number of benzene rings is 1. The van der Waals surface area contributed by atoms with Crippen molar-refractivity contribution >= 4 is 35.1 Å². The van der Waals surface area contributed by atoms with Crippen LogP contribution in [0.4, 0.5) is 11.6 Å². The highest BCUT2D eigenvalue weighted by atomic mass is 35.5. The van der Waals surface area contributed by atoms with E-state index in [0.717, 1.165) is 11.4 Å². The van der Waals surface area contributed by atoms with Crippen LogP contribution < -0.4 is 15.5 Å². The number of piperazine rings is 1. The summed E-state index contributed by atoms with van der Waals surface area (Å²) in [7, 11) is 0. The summed E-state index contributed by atoms with van der Waals surface area (Å²) in [6.07, 6.45) is 3.26. The fourth-order valence-corrected chi connectivity index (χ4v) is 3.79. The number of halogens is 1. The Kier molecular flexibility index (Phi) is 7.54. The van der Waals surface area contributed by atoms with E-state index in [1.165, 1.54) is 6.92 Å². The van der Waals surface area contributed by atoms with Crippen LogP contribution in [0.1, 0.15) is 17.3 Å². The van der Waals surface area contributed by atoms with E-state index in [9.17, 15) is 9.59 Å². The molecule has 176 valence electrons. The molecular formula is C24H26ClN7O2. The number of aromatic nitrogens is 3. The minimum atomic E-state index is -0.0776. The molecule has 10 heteroatoms. The van der Waals surface area contributed by atoms with Gasteiger partial charge in [-0.2, -0.15) is 0 Å². The first-order chi connectivity index (χ1) is 16.5. The molecule has 1 aliphatic heterocycles. The smallest absolute Gasteiger partial charge is 0.254 e. The lowest BCUT2D eigenvalue weighted by atomic mass is 10.2. The standard InChI is InChI=1S/C24H26ClN7O2/c1-17(33)27-10-11-28-21-16-22(30-23(29-21)18-2-4-20(25)5-3-18)31-12-14-32(15-13-31)24(34)19-6-8-26-9-7-19/h2-9,16H,10-15H2,1H3,(H,27,33)(H,28,29,30). The summed E-state index contributed by atoms with van der Waals surface area (Å²) in [6.45, 7) is 4.99. The van der Waals surface area contributed by atoms with E-state index >= 15 is 0 Å². The summed E-state index contributed by atoms with van der Waals surface area (Å²) in [5.74, 6) is 1.94. The lowest BCUT2D eigenvalue weighted by Crippen LogP contribution is -2.49. The first-order valence-electron chi connectivity index (χ1n) is 11.1. The van der Waals surface area contributed by atoms with Crippen molar-refractivity contribution < 1.29 is 9.59 Å². The van der Waals surface area contributed by atoms with E-state index in [1.54, 1.807) is 36.7 Å². The number of nitrogens with one attached hydrogen (secondary N) is 2. The number of amides is 2. The van der Waals surface area contributed by atoms with Gasteiger partial charge in [-0.05, 0) is 36.4 Å². The van der Waals surface area contributed by atoms with Gasteiger partial charge in [0, 0.05) is 80.8 Å². The molecule has 0 unspecified atom stereocenters. The van der Waals surface area contributed by atoms with Crippen LogP contribution in [0.5, 0.6) is 0 Å². The Bertz CT molecular complexity index is 1130. The van der Waals surface area contributed by atoms with Crippen molar-refractivity contribution in [3.8, 4) is 11.4 Å². The van der Waals surface area contributed by atoms with Crippen LogP contribution in [0.2, 0.25) is 5.02 Å². The largest absolute Gasteiger partial charge is 0.368 e. The predicted molar refractivity (Wildman–Crippen MR) is 132 cm³/mol. The third kappa shape index (κ3) is 5.99. The summed E-state index contributed by atoms with van der Waals surface area (Å²) in [5, 5.41) is 6.67. The van der Waals surface area contributed by atoms with Crippen molar-refractivity contribution in [3.05, 3.63) is 65.4 Å². The number of carbonyl (C=O) groups is 2. The highest BCUT2D eigenvalue weighted by Gasteiger charge is 2.23. The SMILES string of the molecule is CC(=O)NCCNc1cc(N2CCN(C(=O)c3ccncc3)CC2)nc(-c2ccc(Cl)cc2)n1. The van der Waals surface area contributed by atoms with Crippen molar-refractivity contribution in [1.82, 2.24) is 25.2 Å². The Balaban J connectivity index is 1.50. The van der Waals surface area contributed by atoms with Gasteiger partial charge in [-0.3, -0.25) is 14.6 Å². The zero-order valence-electron chi connectivity index (χ0n) is 18.9. The third-order valence-corrected chi connectivity index (χ3v) is 5.69. The van der Waals surface area contributed by atoms with Crippen molar-refractivity contribution in [2.75, 3.05) is 49.5 Å². The Morgan fingerprint density at radius 3 is 2.35 bits per heavy atom. The minimum Gasteiger partial charge on any atom is -0.368 e. The number of pyridine rings is 1. The fourth-order valence-electron chi connectivity index (χ4n) is 3.66. The Morgan fingerprint density at radius 1 is 0.971 bits per heavy atom. The van der Waals surface area contributed by atoms with Crippen molar-refractivity contribution in [2.45, 2.75) is 6.92 Å². The second-order valence-electron chi connectivity index (χ2n) is 7.87. The van der Waals surface area contributed by atoms with E-state index in [2.05, 4.69) is 25.5 Å². The number of hydrogen-bond donors (Lipinski definition) is 2. The Labute approximate surface area is 203 Å². The van der Waals surface area contributed by atoms with Crippen LogP contribution in [-0.2, 0) is 4.79 Å². The van der Waals surface area contributed by atoms with Gasteiger partial charge in [0.05, 0.1) is 0 Å². The molecule has 0 bridgehead atoms. The number of hydrogen-bond acceptors (Lipinski definition) is 7. The molecule has 9 nitrogen and oxygen atoms in total. The quantitative estimate of drug-likeness (QED) is 0.502. The van der Waals surface area contributed by atoms with Crippen LogP contribution in [0.25, 0.3) is 11.4 Å². The number of carbonyl (C=O) groups excluding carboxylic acids is 2. The van der Waals surface area contributed by atoms with E-state index in [0.29, 0.717) is 61.5 Å². The maximum Gasteiger partial charge on any atom is 0.254 e. The molecule has 3 aromatic rings. The zero-order valence-corrected chi connectivity index (χ0v) is 19.6. The van der Waals surface area contributed by atoms with Gasteiger partial charge in [0.1, 0.15) is 11.6 Å². The molecular weight excluding hydrogens is 454 g/mol. The zero-order chi connectivity index (χ0) is 23.9. The van der Waals surface area contributed by atoms with E-state index in [-0.39, 0.29) is 11.8 Å². The normalized spacial score (nSPS) is 13.5. The van der Waals surface area contributed by atoms with Crippen molar-refractivity contribution in [3.63, 3.8) is 0 Å². The van der Waals surface area contributed by atoms with Crippen LogP contribution in [0.15, 0.2) is 54.9 Å². The van der Waals surface area contributed by atoms with E-state index in [1.807, 2.05) is 23.1 Å². The Morgan fingerprint density at radius 2 is 1.68 bits per heavy atom. The van der Waals surface area contributed by atoms with Gasteiger partial charge in [-0.15, -0.1) is 0 Å². The first-order valence-corrected chi connectivity index (χ1v) is 11.4. The van der Waals surface area contributed by atoms with Gasteiger partial charge in [0.25, 0.3) is 5.91 Å². The number of rotatable bonds is 7. The van der Waals surface area contributed by atoms with Gasteiger partial charge in [0.15, 0.2) is 5.82 Å². The number of anilines is 2. The van der Waals surface area contributed by atoms with Crippen LogP contribution in [0.3, 0.4) is 0 Å². The molecule has 1 fully saturated rings. The van der Waals surface area contributed by atoms with Crippen molar-refractivity contribution in [2.24, 2.45) is 0 Å². The molecule has 2 N–H and O–H groups in total. The summed E-state index contributed by atoms with van der Waals surface area (Å²) in [5.41, 5.74) is 1.49. The second kappa shape index (κ2) is 10.9. The molecule has 0 spiro atoms. The maximum atomic E-state index is 12.8. The van der Waals surface area contributed by atoms with Crippen molar-refractivity contribution in [1.29, 1.82) is 0 Å². The topological polar surface area (TPSA) is 103 Å². The summed E-state index contributed by atoms with van der Waals surface area (Å²) < 4.78 is 0. The highest BCUT2D eigenvalue weighted by molar-refractivity contribution is 6.30. The average Bonchev–Trinajstić information content (AvgIpc) is 2.87. The lowest BCUT2D eigenvalue weighted by molar-refractivity contribution is -0.118. The monoisotopic (exact) mass is 479 g/mol. The van der Waals surface area contributed by atoms with Crippen LogP contribution in [-0.4, -0.2) is 70.9 Å². The number of nitrogens with zero attached hydrogens (tertiary/aromatic N) is 5. The predicted octanol–water partition coefficient (Wildman–Crippen LogP) is 2.70. The molecule has 4 rings (SSSR count). The molecule has 3 heterocycles. The van der Waals surface area contributed by atoms with Gasteiger partial charge < -0.3 is 20.4 Å². The molecule has 0 saturated carbocycles. The van der Waals surface area contributed by atoms with Crippen LogP contribution in [0, 0.1) is 0 Å². The fraction of sp³-hybridized carbons (Fsp3) is 0.292. The Hall–Kier alpha value is -3.72. The molecule has 0 atom stereocenters. The molecule has 1 saturated heterocycles. The maximum absolute atomic E-state index is 12.8. The molecule has 0 aliphatic carbocycles. The van der Waals surface area contributed by atoms with Gasteiger partial charge in [-0.1, -0.05) is 11.6 Å². The second-order valence-corrected chi connectivity index (χ2v) is 8.30. The molecule has 0 radical (unpaired) electrons. The van der Waals surface area contributed by atoms with E-state index in [4.69, 9.17) is 16.6 Å². The molecule has 2 aromatic heterocycles. The third-order valence-electron chi connectivity index (χ3n) is 5.44. The summed E-state index contributed by atoms with van der Waals surface area (Å²) >= 11 is 6.05.